The Morgan fingerprint density at radius 3 is 2.36 bits per heavy atom. The monoisotopic (exact) mass is 277 g/mol. The van der Waals surface area contributed by atoms with Gasteiger partial charge in [0.25, 0.3) is 0 Å². The Hall–Kier alpha value is 1.70. The molecule has 0 spiro atoms. The van der Waals surface area contributed by atoms with Crippen molar-refractivity contribution in [3.8, 4) is 0 Å². The van der Waals surface area contributed by atoms with Crippen LogP contribution in [0.2, 0.25) is 0 Å². The van der Waals surface area contributed by atoms with E-state index in [2.05, 4.69) is 0 Å². The summed E-state index contributed by atoms with van der Waals surface area (Å²) >= 11 is 9.70. The van der Waals surface area contributed by atoms with Gasteiger partial charge in [-0.05, 0) is 13.3 Å². The number of hydrogen-bond donors (Lipinski definition) is 0. The summed E-state index contributed by atoms with van der Waals surface area (Å²) in [5.74, 6) is 0.402. The van der Waals surface area contributed by atoms with Crippen molar-refractivity contribution in [2.24, 2.45) is 0 Å². The Kier molecular flexibility index (Phi) is 6.00. The first-order valence-corrected chi connectivity index (χ1v) is 6.56. The van der Waals surface area contributed by atoms with Gasteiger partial charge in [0.15, 0.2) is 9.84 Å². The van der Waals surface area contributed by atoms with E-state index in [-0.39, 0.29) is 62.9 Å². The molecule has 1 atom stereocenters. The first-order valence-electron chi connectivity index (χ1n) is 3.92. The number of rotatable bonds is 1. The minimum Gasteiger partial charge on any atom is -0.411 e. The molecule has 14 heavy (non-hydrogen) atoms. The van der Waals surface area contributed by atoms with Crippen LogP contribution in [0.25, 0.3) is 0 Å². The van der Waals surface area contributed by atoms with Crippen molar-refractivity contribution in [2.75, 3.05) is 18.6 Å². The van der Waals surface area contributed by atoms with Crippen molar-refractivity contribution >= 4 is 39.0 Å². The molecule has 0 radical (unpaired) electrons. The quantitative estimate of drug-likeness (QED) is 0.297. The summed E-state index contributed by atoms with van der Waals surface area (Å²) in [6, 6.07) is 0. The minimum absolute atomic E-state index is 0. The summed E-state index contributed by atoms with van der Waals surface area (Å²) in [7, 11) is -1.12. The molecule has 1 heterocycles. The molecule has 0 aromatic rings. The summed E-state index contributed by atoms with van der Waals surface area (Å²) in [5, 5.41) is 0. The van der Waals surface area contributed by atoms with Gasteiger partial charge in [-0.1, -0.05) is 4.32 Å². The first kappa shape index (κ1) is 15.7. The second kappa shape index (κ2) is 5.35. The molecule has 0 aromatic heterocycles. The predicted octanol–water partition coefficient (Wildman–Crippen LogP) is -2.67. The normalized spacial score (nSPS) is 29.3. The van der Waals surface area contributed by atoms with Crippen LogP contribution in [0.4, 0.5) is 0 Å². The summed E-state index contributed by atoms with van der Waals surface area (Å²) in [5.41, 5.74) is -0.391. The maximum absolute atomic E-state index is 11.3. The maximum atomic E-state index is 11.3. The summed E-state index contributed by atoms with van der Waals surface area (Å²) < 4.78 is 22.9. The van der Waals surface area contributed by atoms with E-state index in [1.54, 1.807) is 11.9 Å². The van der Waals surface area contributed by atoms with Crippen LogP contribution in [0, 0.1) is 0 Å². The number of thiocarbonyl (C=S) groups is 1. The molecule has 1 aliphatic heterocycles. The fourth-order valence-electron chi connectivity index (χ4n) is 1.48. The van der Waals surface area contributed by atoms with Gasteiger partial charge in [0.1, 0.15) is 0 Å². The van der Waals surface area contributed by atoms with Gasteiger partial charge in [0.2, 0.25) is 0 Å². The molecule has 1 unspecified atom stereocenters. The van der Waals surface area contributed by atoms with Crippen LogP contribution in [0.5, 0.6) is 0 Å². The average Bonchev–Trinajstić information content (AvgIpc) is 2.25. The van der Waals surface area contributed by atoms with Gasteiger partial charge in [-0.2, -0.15) is 0 Å². The molecule has 1 rings (SSSR count). The van der Waals surface area contributed by atoms with Gasteiger partial charge in [0.05, 0.1) is 17.0 Å². The molecule has 0 saturated carbocycles. The molecule has 7 heteroatoms. The SMILES string of the molecule is CN(C(=S)[S-])C1(C)CCS(=O)(=O)C1.[K+]. The van der Waals surface area contributed by atoms with E-state index in [0.29, 0.717) is 10.7 Å². The van der Waals surface area contributed by atoms with Crippen molar-refractivity contribution in [3.05, 3.63) is 0 Å². The topological polar surface area (TPSA) is 37.4 Å². The van der Waals surface area contributed by atoms with Gasteiger partial charge in [-0.15, -0.1) is 0 Å². The van der Waals surface area contributed by atoms with Crippen molar-refractivity contribution in [3.63, 3.8) is 0 Å². The van der Waals surface area contributed by atoms with Crippen LogP contribution in [0.15, 0.2) is 0 Å². The molecule has 1 aliphatic rings. The second-order valence-electron chi connectivity index (χ2n) is 3.66. The summed E-state index contributed by atoms with van der Waals surface area (Å²) in [6.45, 7) is 1.89. The van der Waals surface area contributed by atoms with Crippen molar-refractivity contribution in [2.45, 2.75) is 18.9 Å². The van der Waals surface area contributed by atoms with Crippen LogP contribution in [0.3, 0.4) is 0 Å². The Morgan fingerprint density at radius 1 is 1.57 bits per heavy atom. The number of nitrogens with zero attached hydrogens (tertiary/aromatic N) is 1. The Morgan fingerprint density at radius 2 is 2.07 bits per heavy atom. The largest absolute Gasteiger partial charge is 1.00 e. The molecule has 3 nitrogen and oxygen atoms in total. The zero-order valence-corrected chi connectivity index (χ0v) is 14.2. The van der Waals surface area contributed by atoms with E-state index in [1.807, 2.05) is 6.92 Å². The standard InChI is InChI=1S/C7H13NO2S3.K/c1-7(8(2)6(11)12)3-4-13(9,10)5-7;/h3-5H2,1-2H3,(H,11,12);/q;+1/p-1. The van der Waals surface area contributed by atoms with Gasteiger partial charge in [-0.25, -0.2) is 8.42 Å². The molecule has 0 N–H and O–H groups in total. The number of hydrogen-bond acceptors (Lipinski definition) is 4. The summed E-state index contributed by atoms with van der Waals surface area (Å²) in [6.07, 6.45) is 0.614. The third-order valence-electron chi connectivity index (χ3n) is 2.57. The van der Waals surface area contributed by atoms with E-state index in [1.165, 1.54) is 0 Å². The van der Waals surface area contributed by atoms with Crippen molar-refractivity contribution in [1.82, 2.24) is 4.90 Å². The molecule has 0 amide bonds. The molecule has 0 bridgehead atoms. The minimum atomic E-state index is -2.88. The third kappa shape index (κ3) is 3.62. The Labute approximate surface area is 139 Å². The molecule has 0 aromatic carbocycles. The van der Waals surface area contributed by atoms with E-state index in [4.69, 9.17) is 24.8 Å². The fraction of sp³-hybridized carbons (Fsp3) is 0.857. The van der Waals surface area contributed by atoms with Crippen molar-refractivity contribution in [1.29, 1.82) is 0 Å². The molecule has 76 valence electrons. The van der Waals surface area contributed by atoms with Gasteiger partial charge in [0, 0.05) is 7.05 Å². The van der Waals surface area contributed by atoms with E-state index in [0.717, 1.165) is 0 Å². The molecule has 1 fully saturated rings. The van der Waals surface area contributed by atoms with E-state index < -0.39 is 15.4 Å². The van der Waals surface area contributed by atoms with E-state index in [9.17, 15) is 8.42 Å². The van der Waals surface area contributed by atoms with Crippen LogP contribution in [-0.4, -0.2) is 41.7 Å². The van der Waals surface area contributed by atoms with E-state index >= 15 is 0 Å². The predicted molar refractivity (Wildman–Crippen MR) is 59.4 cm³/mol. The molecular weight excluding hydrogens is 265 g/mol. The van der Waals surface area contributed by atoms with Gasteiger partial charge < -0.3 is 29.7 Å². The first-order chi connectivity index (χ1) is 5.77. The summed E-state index contributed by atoms with van der Waals surface area (Å²) in [4.78, 5) is 1.71. The average molecular weight is 277 g/mol. The zero-order valence-electron chi connectivity index (χ0n) is 8.61. The zero-order chi connectivity index (χ0) is 10.3. The Balaban J connectivity index is 0.00000169. The molecular formula is C7H12KNO2S3. The van der Waals surface area contributed by atoms with Crippen LogP contribution in [0.1, 0.15) is 13.3 Å². The third-order valence-corrected chi connectivity index (χ3v) is 5.00. The Bertz CT molecular complexity index is 330. The van der Waals surface area contributed by atoms with Crippen LogP contribution >= 0.6 is 12.2 Å². The second-order valence-corrected chi connectivity index (χ2v) is 6.88. The smallest absolute Gasteiger partial charge is 0.411 e. The molecule has 1 saturated heterocycles. The van der Waals surface area contributed by atoms with Crippen molar-refractivity contribution < 1.29 is 59.8 Å². The molecule has 0 aliphatic carbocycles. The van der Waals surface area contributed by atoms with Crippen LogP contribution in [-0.2, 0) is 22.5 Å². The fourth-order valence-corrected chi connectivity index (χ4v) is 4.10. The van der Waals surface area contributed by atoms with Gasteiger partial charge in [-0.3, -0.25) is 0 Å². The number of sulfone groups is 1. The van der Waals surface area contributed by atoms with Crippen LogP contribution < -0.4 is 51.4 Å². The van der Waals surface area contributed by atoms with Gasteiger partial charge >= 0.3 is 51.4 Å². The maximum Gasteiger partial charge on any atom is 1.00 e.